The summed E-state index contributed by atoms with van der Waals surface area (Å²) in [4.78, 5) is 15.0. The van der Waals surface area contributed by atoms with Gasteiger partial charge in [0.05, 0.1) is 18.3 Å². The minimum atomic E-state index is -0.505. The van der Waals surface area contributed by atoms with Crippen LogP contribution < -0.4 is 0 Å². The van der Waals surface area contributed by atoms with E-state index in [-0.39, 0.29) is 11.9 Å². The first-order valence-electron chi connectivity index (χ1n) is 9.20. The van der Waals surface area contributed by atoms with E-state index in [0.717, 1.165) is 22.4 Å². The summed E-state index contributed by atoms with van der Waals surface area (Å²) in [6.07, 6.45) is -0.505. The Labute approximate surface area is 164 Å². The number of benzene rings is 2. The number of aromatic nitrogens is 2. The van der Waals surface area contributed by atoms with Crippen LogP contribution in [-0.4, -0.2) is 48.1 Å². The molecule has 1 aromatic heterocycles. The molecule has 1 aliphatic rings. The Kier molecular flexibility index (Phi) is 4.98. The van der Waals surface area contributed by atoms with Crippen molar-refractivity contribution in [2.45, 2.75) is 19.3 Å². The Bertz CT molecular complexity index is 962. The molecule has 4 rings (SSSR count). The standard InChI is InChI=1S/C22H23N3O3/c1-14-9-11-15(12-10-14)19-18-20(24-23-19)22(26)25(13-17(27-2)28-3)21(18)16-7-5-4-6-8-16/h4-12,17,21H,13H2,1-3H3,(H,23,24). The molecule has 2 aromatic carbocycles. The lowest BCUT2D eigenvalue weighted by molar-refractivity contribution is -0.113. The molecule has 1 aliphatic heterocycles. The van der Waals surface area contributed by atoms with Crippen molar-refractivity contribution < 1.29 is 14.3 Å². The normalized spacial score (nSPS) is 16.1. The number of methoxy groups -OCH3 is 2. The Morgan fingerprint density at radius 3 is 2.39 bits per heavy atom. The van der Waals surface area contributed by atoms with Crippen molar-refractivity contribution in [2.24, 2.45) is 0 Å². The van der Waals surface area contributed by atoms with Crippen LogP contribution in [-0.2, 0) is 9.47 Å². The van der Waals surface area contributed by atoms with Gasteiger partial charge in [-0.3, -0.25) is 9.89 Å². The Balaban J connectivity index is 1.83. The van der Waals surface area contributed by atoms with Gasteiger partial charge in [0.1, 0.15) is 5.69 Å². The van der Waals surface area contributed by atoms with E-state index in [4.69, 9.17) is 9.47 Å². The van der Waals surface area contributed by atoms with E-state index >= 15 is 0 Å². The van der Waals surface area contributed by atoms with Crippen LogP contribution in [0.3, 0.4) is 0 Å². The fourth-order valence-electron chi connectivity index (χ4n) is 3.70. The van der Waals surface area contributed by atoms with Crippen LogP contribution in [0.1, 0.15) is 33.2 Å². The molecule has 0 bridgehead atoms. The minimum absolute atomic E-state index is 0.103. The van der Waals surface area contributed by atoms with Crippen molar-refractivity contribution >= 4 is 5.91 Å². The molecule has 0 aliphatic carbocycles. The van der Waals surface area contributed by atoms with Gasteiger partial charge in [-0.2, -0.15) is 5.10 Å². The summed E-state index contributed by atoms with van der Waals surface area (Å²) >= 11 is 0. The third-order valence-electron chi connectivity index (χ3n) is 5.18. The maximum absolute atomic E-state index is 13.2. The SMILES string of the molecule is COC(CN1C(=O)c2[nH]nc(-c3ccc(C)cc3)c2C1c1ccccc1)OC. The number of carbonyl (C=O) groups is 1. The highest BCUT2D eigenvalue weighted by Gasteiger charge is 2.43. The number of nitrogens with zero attached hydrogens (tertiary/aromatic N) is 2. The van der Waals surface area contributed by atoms with Crippen LogP contribution in [0, 0.1) is 6.92 Å². The van der Waals surface area contributed by atoms with Crippen LogP contribution in [0.2, 0.25) is 0 Å². The summed E-state index contributed by atoms with van der Waals surface area (Å²) in [5, 5.41) is 7.45. The third-order valence-corrected chi connectivity index (χ3v) is 5.18. The van der Waals surface area contributed by atoms with Crippen molar-refractivity contribution in [1.29, 1.82) is 0 Å². The second kappa shape index (κ2) is 7.58. The van der Waals surface area contributed by atoms with E-state index in [0.29, 0.717) is 12.2 Å². The highest BCUT2D eigenvalue weighted by atomic mass is 16.7. The number of amides is 1. The fraction of sp³-hybridized carbons (Fsp3) is 0.273. The number of carbonyl (C=O) groups excluding carboxylic acids is 1. The molecule has 0 saturated heterocycles. The molecule has 0 radical (unpaired) electrons. The van der Waals surface area contributed by atoms with Gasteiger partial charge in [0, 0.05) is 25.3 Å². The highest BCUT2D eigenvalue weighted by Crippen LogP contribution is 2.42. The van der Waals surface area contributed by atoms with E-state index in [1.165, 1.54) is 5.56 Å². The first-order chi connectivity index (χ1) is 13.6. The lowest BCUT2D eigenvalue weighted by Crippen LogP contribution is -2.38. The van der Waals surface area contributed by atoms with Crippen LogP contribution in [0.25, 0.3) is 11.3 Å². The van der Waals surface area contributed by atoms with E-state index < -0.39 is 6.29 Å². The van der Waals surface area contributed by atoms with Gasteiger partial charge in [-0.1, -0.05) is 60.2 Å². The van der Waals surface area contributed by atoms with Crippen LogP contribution in [0.15, 0.2) is 54.6 Å². The van der Waals surface area contributed by atoms with E-state index in [1.807, 2.05) is 61.5 Å². The van der Waals surface area contributed by atoms with Gasteiger partial charge < -0.3 is 14.4 Å². The number of ether oxygens (including phenoxy) is 2. The summed E-state index contributed by atoms with van der Waals surface area (Å²) in [5.41, 5.74) is 5.40. The van der Waals surface area contributed by atoms with Crippen LogP contribution in [0.5, 0.6) is 0 Å². The first kappa shape index (κ1) is 18.4. The third kappa shape index (κ3) is 3.10. The summed E-state index contributed by atoms with van der Waals surface area (Å²) in [6.45, 7) is 2.37. The molecule has 0 saturated carbocycles. The second-order valence-corrected chi connectivity index (χ2v) is 6.90. The number of rotatable bonds is 6. The molecule has 6 nitrogen and oxygen atoms in total. The largest absolute Gasteiger partial charge is 0.354 e. The molecule has 1 unspecified atom stereocenters. The van der Waals surface area contributed by atoms with Crippen molar-refractivity contribution in [3.8, 4) is 11.3 Å². The number of fused-ring (bicyclic) bond motifs is 1. The molecule has 0 spiro atoms. The lowest BCUT2D eigenvalue weighted by atomic mass is 9.96. The lowest BCUT2D eigenvalue weighted by Gasteiger charge is -2.29. The molecular formula is C22H23N3O3. The van der Waals surface area contributed by atoms with Crippen molar-refractivity contribution in [2.75, 3.05) is 20.8 Å². The zero-order chi connectivity index (χ0) is 19.7. The summed E-state index contributed by atoms with van der Waals surface area (Å²) in [7, 11) is 3.15. The molecule has 0 fully saturated rings. The number of nitrogens with one attached hydrogen (secondary N) is 1. The molecule has 28 heavy (non-hydrogen) atoms. The smallest absolute Gasteiger partial charge is 0.273 e. The van der Waals surface area contributed by atoms with E-state index in [9.17, 15) is 4.79 Å². The van der Waals surface area contributed by atoms with Crippen LogP contribution >= 0.6 is 0 Å². The van der Waals surface area contributed by atoms with Crippen molar-refractivity contribution in [3.63, 3.8) is 0 Å². The zero-order valence-corrected chi connectivity index (χ0v) is 16.2. The van der Waals surface area contributed by atoms with Gasteiger partial charge in [-0.05, 0) is 12.5 Å². The minimum Gasteiger partial charge on any atom is -0.354 e. The van der Waals surface area contributed by atoms with Gasteiger partial charge in [0.15, 0.2) is 6.29 Å². The number of hydrogen-bond acceptors (Lipinski definition) is 4. The van der Waals surface area contributed by atoms with E-state index in [2.05, 4.69) is 10.2 Å². The molecule has 2 heterocycles. The van der Waals surface area contributed by atoms with Gasteiger partial charge in [-0.25, -0.2) is 0 Å². The molecule has 3 aromatic rings. The second-order valence-electron chi connectivity index (χ2n) is 6.90. The summed E-state index contributed by atoms with van der Waals surface area (Å²) < 4.78 is 10.7. The first-order valence-corrected chi connectivity index (χ1v) is 9.20. The molecule has 1 atom stereocenters. The van der Waals surface area contributed by atoms with Crippen molar-refractivity contribution in [1.82, 2.24) is 15.1 Å². The molecule has 144 valence electrons. The average molecular weight is 377 g/mol. The number of hydrogen-bond donors (Lipinski definition) is 1. The Hall–Kier alpha value is -2.96. The van der Waals surface area contributed by atoms with E-state index in [1.54, 1.807) is 19.1 Å². The molecular weight excluding hydrogens is 354 g/mol. The highest BCUT2D eigenvalue weighted by molar-refractivity contribution is 6.00. The Morgan fingerprint density at radius 2 is 1.75 bits per heavy atom. The average Bonchev–Trinajstić information content (AvgIpc) is 3.26. The number of H-pyrrole nitrogens is 1. The maximum Gasteiger partial charge on any atom is 0.273 e. The topological polar surface area (TPSA) is 67.5 Å². The van der Waals surface area contributed by atoms with Gasteiger partial charge in [0.2, 0.25) is 0 Å². The van der Waals surface area contributed by atoms with Gasteiger partial charge in [0.25, 0.3) is 5.91 Å². The summed E-state index contributed by atoms with van der Waals surface area (Å²) in [6, 6.07) is 17.9. The number of aryl methyl sites for hydroxylation is 1. The maximum atomic E-state index is 13.2. The Morgan fingerprint density at radius 1 is 1.07 bits per heavy atom. The predicted octanol–water partition coefficient (Wildman–Crippen LogP) is 3.55. The quantitative estimate of drug-likeness (QED) is 0.667. The summed E-state index contributed by atoms with van der Waals surface area (Å²) in [5.74, 6) is -0.103. The zero-order valence-electron chi connectivity index (χ0n) is 16.2. The van der Waals surface area contributed by atoms with Gasteiger partial charge in [-0.15, -0.1) is 0 Å². The molecule has 6 heteroatoms. The predicted molar refractivity (Wildman–Crippen MR) is 106 cm³/mol. The number of aromatic amines is 1. The van der Waals surface area contributed by atoms with Crippen molar-refractivity contribution in [3.05, 3.63) is 77.0 Å². The molecule has 1 N–H and O–H groups in total. The molecule has 1 amide bonds. The monoisotopic (exact) mass is 377 g/mol. The van der Waals surface area contributed by atoms with Crippen LogP contribution in [0.4, 0.5) is 0 Å². The van der Waals surface area contributed by atoms with Gasteiger partial charge >= 0.3 is 0 Å². The fourth-order valence-corrected chi connectivity index (χ4v) is 3.70.